The maximum Gasteiger partial charge on any atom is 0.273 e. The van der Waals surface area contributed by atoms with Crippen molar-refractivity contribution in [3.05, 3.63) is 11.1 Å². The molecule has 0 spiro atoms. The summed E-state index contributed by atoms with van der Waals surface area (Å²) >= 11 is 1.22. The van der Waals surface area contributed by atoms with Crippen LogP contribution in [0.2, 0.25) is 0 Å². The molecule has 2 fully saturated rings. The van der Waals surface area contributed by atoms with Crippen molar-refractivity contribution in [1.82, 2.24) is 15.6 Å². The second-order valence-corrected chi connectivity index (χ2v) is 8.67. The van der Waals surface area contributed by atoms with Crippen LogP contribution >= 0.6 is 11.3 Å². The fourth-order valence-corrected chi connectivity index (χ4v) is 4.51. The lowest BCUT2D eigenvalue weighted by molar-refractivity contribution is 0.0954. The summed E-state index contributed by atoms with van der Waals surface area (Å²) in [7, 11) is 0. The van der Waals surface area contributed by atoms with E-state index in [0.29, 0.717) is 28.1 Å². The summed E-state index contributed by atoms with van der Waals surface area (Å²) in [5.74, 6) is 0.838. The van der Waals surface area contributed by atoms with E-state index in [0.717, 1.165) is 18.9 Å². The zero-order valence-electron chi connectivity index (χ0n) is 15.1. The molecule has 3 atom stereocenters. The van der Waals surface area contributed by atoms with Crippen LogP contribution in [-0.4, -0.2) is 47.8 Å². The number of amides is 1. The van der Waals surface area contributed by atoms with E-state index in [4.69, 9.17) is 4.74 Å². The zero-order valence-corrected chi connectivity index (χ0v) is 15.9. The number of ether oxygens (including phenoxy) is 1. The van der Waals surface area contributed by atoms with E-state index >= 15 is 0 Å². The molecule has 1 aromatic heterocycles. The number of fused-ring (bicyclic) bond motifs is 1. The van der Waals surface area contributed by atoms with Crippen molar-refractivity contribution in [3.8, 4) is 5.19 Å². The summed E-state index contributed by atoms with van der Waals surface area (Å²) in [6.07, 6.45) is 7.47. The van der Waals surface area contributed by atoms with Gasteiger partial charge in [-0.2, -0.15) is 0 Å². The Morgan fingerprint density at radius 2 is 2.40 bits per heavy atom. The first-order valence-corrected chi connectivity index (χ1v) is 10.1. The molecule has 1 aromatic rings. The molecule has 6 nitrogen and oxygen atoms in total. The Labute approximate surface area is 153 Å². The maximum absolute atomic E-state index is 12.2. The van der Waals surface area contributed by atoms with E-state index in [-0.39, 0.29) is 12.5 Å². The zero-order chi connectivity index (χ0) is 17.9. The molecule has 0 bridgehead atoms. The second-order valence-electron chi connectivity index (χ2n) is 7.68. The molecule has 0 saturated heterocycles. The first kappa shape index (κ1) is 18.6. The van der Waals surface area contributed by atoms with Crippen molar-refractivity contribution >= 4 is 17.2 Å². The number of aliphatic hydroxyl groups is 1. The highest BCUT2D eigenvalue weighted by atomic mass is 32.1. The third-order valence-corrected chi connectivity index (χ3v) is 6.27. The minimum absolute atomic E-state index is 0.0824. The standard InChI is InChI=1S/C18H29N3O3S/c1-12(2)20-9-14(22)11-24-17-21-10-15(25-17)16(23)19-7-6-18-5-3-4-13(18)8-18/h10,12-14,20,22H,3-9,11H2,1-2H3,(H,19,23). The Kier molecular flexibility index (Phi) is 5.96. The van der Waals surface area contributed by atoms with Crippen LogP contribution in [0, 0.1) is 11.3 Å². The highest BCUT2D eigenvalue weighted by Crippen LogP contribution is 2.65. The van der Waals surface area contributed by atoms with Crippen LogP contribution in [0.3, 0.4) is 0 Å². The van der Waals surface area contributed by atoms with E-state index < -0.39 is 6.10 Å². The van der Waals surface area contributed by atoms with Crippen LogP contribution < -0.4 is 15.4 Å². The number of nitrogens with one attached hydrogen (secondary N) is 2. The van der Waals surface area contributed by atoms with Crippen LogP contribution in [0.4, 0.5) is 0 Å². The monoisotopic (exact) mass is 367 g/mol. The van der Waals surface area contributed by atoms with Crippen LogP contribution in [-0.2, 0) is 0 Å². The number of nitrogens with zero attached hydrogens (tertiary/aromatic N) is 1. The second kappa shape index (κ2) is 8.01. The minimum atomic E-state index is -0.597. The average molecular weight is 368 g/mol. The molecule has 3 N–H and O–H groups in total. The summed E-state index contributed by atoms with van der Waals surface area (Å²) in [6, 6.07) is 0.319. The van der Waals surface area contributed by atoms with E-state index in [2.05, 4.69) is 15.6 Å². The molecule has 1 heterocycles. The molecule has 3 unspecified atom stereocenters. The lowest BCUT2D eigenvalue weighted by Crippen LogP contribution is -2.35. The molecule has 0 aliphatic heterocycles. The van der Waals surface area contributed by atoms with Gasteiger partial charge in [-0.15, -0.1) is 0 Å². The van der Waals surface area contributed by atoms with Gasteiger partial charge in [-0.1, -0.05) is 31.6 Å². The van der Waals surface area contributed by atoms with Gasteiger partial charge in [0.1, 0.15) is 17.6 Å². The Bertz CT molecular complexity index is 592. The number of carbonyl (C=O) groups is 1. The molecule has 25 heavy (non-hydrogen) atoms. The highest BCUT2D eigenvalue weighted by molar-refractivity contribution is 7.15. The molecule has 2 aliphatic carbocycles. The molecule has 1 amide bonds. The number of rotatable bonds is 10. The molecule has 2 aliphatic rings. The number of thiazole rings is 1. The topological polar surface area (TPSA) is 83.5 Å². The summed E-state index contributed by atoms with van der Waals surface area (Å²) in [5, 5.41) is 16.4. The number of aliphatic hydroxyl groups excluding tert-OH is 1. The quantitative estimate of drug-likeness (QED) is 0.590. The van der Waals surface area contributed by atoms with Gasteiger partial charge in [0.05, 0.1) is 6.20 Å². The van der Waals surface area contributed by atoms with Crippen molar-refractivity contribution in [2.45, 2.75) is 58.1 Å². The van der Waals surface area contributed by atoms with Crippen molar-refractivity contribution in [3.63, 3.8) is 0 Å². The van der Waals surface area contributed by atoms with Gasteiger partial charge in [0.25, 0.3) is 11.1 Å². The lowest BCUT2D eigenvalue weighted by atomic mass is 9.99. The highest BCUT2D eigenvalue weighted by Gasteiger charge is 2.55. The predicted octanol–water partition coefficient (Wildman–Crippen LogP) is 2.19. The number of carbonyl (C=O) groups excluding carboxylic acids is 1. The van der Waals surface area contributed by atoms with Gasteiger partial charge >= 0.3 is 0 Å². The SMILES string of the molecule is CC(C)NCC(O)COc1ncc(C(=O)NCCC23CCCC2C3)s1. The van der Waals surface area contributed by atoms with Crippen molar-refractivity contribution < 1.29 is 14.6 Å². The number of hydrogen-bond donors (Lipinski definition) is 3. The van der Waals surface area contributed by atoms with E-state index in [9.17, 15) is 9.90 Å². The Morgan fingerprint density at radius 1 is 1.56 bits per heavy atom. The molecule has 3 rings (SSSR count). The van der Waals surface area contributed by atoms with E-state index in [1.807, 2.05) is 13.8 Å². The van der Waals surface area contributed by atoms with Gasteiger partial charge in [-0.3, -0.25) is 4.79 Å². The number of aromatic nitrogens is 1. The Balaban J connectivity index is 1.36. The predicted molar refractivity (Wildman–Crippen MR) is 98.1 cm³/mol. The minimum Gasteiger partial charge on any atom is -0.467 e. The van der Waals surface area contributed by atoms with E-state index in [1.54, 1.807) is 6.20 Å². The number of hydrogen-bond acceptors (Lipinski definition) is 6. The third kappa shape index (κ3) is 4.92. The fraction of sp³-hybridized carbons (Fsp3) is 0.778. The van der Waals surface area contributed by atoms with Crippen molar-refractivity contribution in [2.75, 3.05) is 19.7 Å². The van der Waals surface area contributed by atoms with Gasteiger partial charge < -0.3 is 20.5 Å². The van der Waals surface area contributed by atoms with Crippen LogP contribution in [0.15, 0.2) is 6.20 Å². The van der Waals surface area contributed by atoms with Crippen LogP contribution in [0.5, 0.6) is 5.19 Å². The van der Waals surface area contributed by atoms with Gasteiger partial charge in [-0.05, 0) is 37.0 Å². The smallest absolute Gasteiger partial charge is 0.273 e. The molecular weight excluding hydrogens is 338 g/mol. The van der Waals surface area contributed by atoms with Crippen LogP contribution in [0.1, 0.15) is 55.6 Å². The Hall–Kier alpha value is -1.18. The average Bonchev–Trinajstić information content (AvgIpc) is 2.94. The normalized spacial score (nSPS) is 25.7. The molecule has 140 valence electrons. The van der Waals surface area contributed by atoms with Crippen molar-refractivity contribution in [1.29, 1.82) is 0 Å². The first-order chi connectivity index (χ1) is 12.0. The summed E-state index contributed by atoms with van der Waals surface area (Å²) in [5.41, 5.74) is 0.551. The molecule has 0 radical (unpaired) electrons. The molecule has 2 saturated carbocycles. The van der Waals surface area contributed by atoms with Gasteiger partial charge in [0.15, 0.2) is 0 Å². The summed E-state index contributed by atoms with van der Waals surface area (Å²) in [4.78, 5) is 16.9. The molecule has 7 heteroatoms. The Morgan fingerprint density at radius 3 is 3.08 bits per heavy atom. The fourth-order valence-electron chi connectivity index (χ4n) is 3.82. The van der Waals surface area contributed by atoms with Crippen LogP contribution in [0.25, 0.3) is 0 Å². The largest absolute Gasteiger partial charge is 0.467 e. The van der Waals surface area contributed by atoms with Gasteiger partial charge in [0.2, 0.25) is 0 Å². The lowest BCUT2D eigenvalue weighted by Gasteiger charge is -2.13. The third-order valence-electron chi connectivity index (χ3n) is 5.36. The summed E-state index contributed by atoms with van der Waals surface area (Å²) < 4.78 is 5.48. The first-order valence-electron chi connectivity index (χ1n) is 9.27. The molecular formula is C18H29N3O3S. The maximum atomic E-state index is 12.2. The van der Waals surface area contributed by atoms with Gasteiger partial charge in [-0.25, -0.2) is 4.98 Å². The van der Waals surface area contributed by atoms with Crippen molar-refractivity contribution in [2.24, 2.45) is 11.3 Å². The molecule has 0 aromatic carbocycles. The summed E-state index contributed by atoms with van der Waals surface area (Å²) in [6.45, 7) is 5.42. The van der Waals surface area contributed by atoms with Gasteiger partial charge in [0, 0.05) is 19.1 Å². The van der Waals surface area contributed by atoms with E-state index in [1.165, 1.54) is 37.0 Å².